The zero-order chi connectivity index (χ0) is 12.8. The predicted molar refractivity (Wildman–Crippen MR) is 56.4 cm³/mol. The van der Waals surface area contributed by atoms with E-state index >= 15 is 0 Å². The highest BCUT2D eigenvalue weighted by Crippen LogP contribution is 2.05. The minimum absolute atomic E-state index is 0.147. The summed E-state index contributed by atoms with van der Waals surface area (Å²) in [6.45, 7) is 2.76. The SMILES string of the molecule is CC(C)(CS(=O)(=O)O)NC(=O)C=CCOO. The molecule has 0 saturated heterocycles. The number of hydrogen-bond donors (Lipinski definition) is 3. The Labute approximate surface area is 93.8 Å². The fourth-order valence-corrected chi connectivity index (χ4v) is 2.05. The van der Waals surface area contributed by atoms with E-state index in [1.54, 1.807) is 0 Å². The first kappa shape index (κ1) is 15.0. The molecule has 0 rings (SSSR count). The van der Waals surface area contributed by atoms with Gasteiger partial charge in [-0.25, -0.2) is 4.89 Å². The van der Waals surface area contributed by atoms with Gasteiger partial charge in [0.05, 0.1) is 11.3 Å². The molecule has 94 valence electrons. The van der Waals surface area contributed by atoms with Crippen molar-refractivity contribution in [3.8, 4) is 0 Å². The molecule has 0 saturated carbocycles. The molecule has 0 aliphatic heterocycles. The lowest BCUT2D eigenvalue weighted by atomic mass is 10.1. The van der Waals surface area contributed by atoms with Gasteiger partial charge in [0, 0.05) is 6.08 Å². The second-order valence-electron chi connectivity index (χ2n) is 3.80. The Kier molecular flexibility index (Phi) is 5.59. The third-order valence-electron chi connectivity index (χ3n) is 1.44. The summed E-state index contributed by atoms with van der Waals surface area (Å²) in [4.78, 5) is 14.9. The van der Waals surface area contributed by atoms with Crippen LogP contribution < -0.4 is 5.32 Å². The van der Waals surface area contributed by atoms with Gasteiger partial charge >= 0.3 is 0 Å². The zero-order valence-corrected chi connectivity index (χ0v) is 9.82. The van der Waals surface area contributed by atoms with Gasteiger partial charge in [-0.2, -0.15) is 8.42 Å². The molecule has 3 N–H and O–H groups in total. The van der Waals surface area contributed by atoms with Crippen LogP contribution in [0, 0.1) is 0 Å². The largest absolute Gasteiger partial charge is 0.347 e. The number of amides is 1. The lowest BCUT2D eigenvalue weighted by Crippen LogP contribution is -2.47. The summed E-state index contributed by atoms with van der Waals surface area (Å²) in [7, 11) is -4.16. The normalized spacial score (nSPS) is 13.0. The van der Waals surface area contributed by atoms with E-state index in [0.29, 0.717) is 0 Å². The van der Waals surface area contributed by atoms with E-state index in [2.05, 4.69) is 10.2 Å². The van der Waals surface area contributed by atoms with E-state index < -0.39 is 27.3 Å². The van der Waals surface area contributed by atoms with E-state index in [1.807, 2.05) is 0 Å². The molecule has 0 atom stereocenters. The van der Waals surface area contributed by atoms with Crippen molar-refractivity contribution in [1.82, 2.24) is 5.32 Å². The molecule has 0 fully saturated rings. The monoisotopic (exact) mass is 253 g/mol. The predicted octanol–water partition coefficient (Wildman–Crippen LogP) is -0.185. The lowest BCUT2D eigenvalue weighted by Gasteiger charge is -2.23. The first-order valence-electron chi connectivity index (χ1n) is 4.36. The van der Waals surface area contributed by atoms with Crippen molar-refractivity contribution < 1.29 is 27.9 Å². The molecule has 0 spiro atoms. The summed E-state index contributed by atoms with van der Waals surface area (Å²) in [5.41, 5.74) is -1.09. The lowest BCUT2D eigenvalue weighted by molar-refractivity contribution is -0.231. The Bertz CT molecular complexity index is 359. The van der Waals surface area contributed by atoms with Gasteiger partial charge in [0.25, 0.3) is 10.1 Å². The van der Waals surface area contributed by atoms with Gasteiger partial charge in [0.2, 0.25) is 5.91 Å². The van der Waals surface area contributed by atoms with Crippen molar-refractivity contribution >= 4 is 16.0 Å². The Balaban J connectivity index is 4.31. The molecule has 7 nitrogen and oxygen atoms in total. The Hall–Kier alpha value is -0.960. The fraction of sp³-hybridized carbons (Fsp3) is 0.625. The highest BCUT2D eigenvalue weighted by molar-refractivity contribution is 7.85. The van der Waals surface area contributed by atoms with Gasteiger partial charge in [-0.15, -0.1) is 0 Å². The minimum Gasteiger partial charge on any atom is -0.347 e. The average Bonchev–Trinajstić information content (AvgIpc) is 1.98. The summed E-state index contributed by atoms with van der Waals surface area (Å²) >= 11 is 0. The molecule has 0 aromatic carbocycles. The zero-order valence-electron chi connectivity index (χ0n) is 9.00. The van der Waals surface area contributed by atoms with Crippen LogP contribution in [0.3, 0.4) is 0 Å². The second-order valence-corrected chi connectivity index (χ2v) is 5.25. The molecule has 0 radical (unpaired) electrons. The van der Waals surface area contributed by atoms with Crippen molar-refractivity contribution in [3.63, 3.8) is 0 Å². The van der Waals surface area contributed by atoms with Gasteiger partial charge in [-0.3, -0.25) is 14.6 Å². The molecule has 16 heavy (non-hydrogen) atoms. The maximum absolute atomic E-state index is 11.2. The van der Waals surface area contributed by atoms with Gasteiger partial charge in [0.15, 0.2) is 0 Å². The van der Waals surface area contributed by atoms with Crippen LogP contribution in [0.25, 0.3) is 0 Å². The highest BCUT2D eigenvalue weighted by Gasteiger charge is 2.25. The number of rotatable bonds is 6. The van der Waals surface area contributed by atoms with Crippen LogP contribution in [0.1, 0.15) is 13.8 Å². The van der Waals surface area contributed by atoms with E-state index in [0.717, 1.165) is 6.08 Å². The van der Waals surface area contributed by atoms with E-state index in [4.69, 9.17) is 9.81 Å². The van der Waals surface area contributed by atoms with Crippen LogP contribution in [0.15, 0.2) is 12.2 Å². The van der Waals surface area contributed by atoms with Crippen molar-refractivity contribution in [2.45, 2.75) is 19.4 Å². The highest BCUT2D eigenvalue weighted by atomic mass is 32.2. The van der Waals surface area contributed by atoms with Crippen LogP contribution in [-0.2, 0) is 19.8 Å². The first-order valence-corrected chi connectivity index (χ1v) is 5.97. The number of nitrogens with one attached hydrogen (secondary N) is 1. The fourth-order valence-electron chi connectivity index (χ4n) is 1.07. The van der Waals surface area contributed by atoms with Crippen molar-refractivity contribution in [3.05, 3.63) is 12.2 Å². The van der Waals surface area contributed by atoms with E-state index in [1.165, 1.54) is 19.9 Å². The Morgan fingerprint density at radius 3 is 2.50 bits per heavy atom. The third kappa shape index (κ3) is 8.36. The van der Waals surface area contributed by atoms with E-state index in [-0.39, 0.29) is 6.61 Å². The topological polar surface area (TPSA) is 113 Å². The summed E-state index contributed by atoms with van der Waals surface area (Å²) in [5, 5.41) is 10.3. The molecule has 0 heterocycles. The molecule has 0 unspecified atom stereocenters. The van der Waals surface area contributed by atoms with Crippen LogP contribution in [0.5, 0.6) is 0 Å². The summed E-state index contributed by atoms with van der Waals surface area (Å²) in [6, 6.07) is 0. The molecule has 0 aliphatic carbocycles. The summed E-state index contributed by atoms with van der Waals surface area (Å²) in [6.07, 6.45) is 2.33. The standard InChI is InChI=1S/C8H15NO6S/c1-8(2,6-16(12,13)14)9-7(10)4-3-5-15-11/h3-4,11H,5-6H2,1-2H3,(H,9,10)(H,12,13,14). The molecular formula is C8H15NO6S. The summed E-state index contributed by atoms with van der Waals surface area (Å²) < 4.78 is 29.9. The number of carbonyl (C=O) groups excluding carboxylic acids is 1. The molecule has 8 heteroatoms. The van der Waals surface area contributed by atoms with Crippen LogP contribution >= 0.6 is 0 Å². The molecule has 0 aliphatic rings. The van der Waals surface area contributed by atoms with Gasteiger partial charge in [-0.1, -0.05) is 6.08 Å². The average molecular weight is 253 g/mol. The molecule has 0 bridgehead atoms. The first-order chi connectivity index (χ1) is 7.16. The van der Waals surface area contributed by atoms with E-state index in [9.17, 15) is 13.2 Å². The van der Waals surface area contributed by atoms with Gasteiger partial charge < -0.3 is 5.32 Å². The smallest absolute Gasteiger partial charge is 0.267 e. The maximum Gasteiger partial charge on any atom is 0.267 e. The second kappa shape index (κ2) is 5.94. The van der Waals surface area contributed by atoms with Gasteiger partial charge in [-0.05, 0) is 13.8 Å². The van der Waals surface area contributed by atoms with Gasteiger partial charge in [0.1, 0.15) is 6.61 Å². The van der Waals surface area contributed by atoms with Crippen molar-refractivity contribution in [2.75, 3.05) is 12.4 Å². The molecule has 0 aromatic rings. The van der Waals surface area contributed by atoms with Crippen molar-refractivity contribution in [2.24, 2.45) is 0 Å². The maximum atomic E-state index is 11.2. The minimum atomic E-state index is -4.16. The Morgan fingerprint density at radius 1 is 1.50 bits per heavy atom. The molecule has 0 aromatic heterocycles. The van der Waals surface area contributed by atoms with Crippen LogP contribution in [0.2, 0.25) is 0 Å². The molecular weight excluding hydrogens is 238 g/mol. The van der Waals surface area contributed by atoms with Crippen molar-refractivity contribution in [1.29, 1.82) is 0 Å². The number of hydrogen-bond acceptors (Lipinski definition) is 5. The number of carbonyl (C=O) groups is 1. The Morgan fingerprint density at radius 2 is 2.06 bits per heavy atom. The van der Waals surface area contributed by atoms with Crippen LogP contribution in [0.4, 0.5) is 0 Å². The molecule has 1 amide bonds. The van der Waals surface area contributed by atoms with Crippen LogP contribution in [-0.4, -0.2) is 42.0 Å². The summed E-state index contributed by atoms with van der Waals surface area (Å²) in [5.74, 6) is -1.14. The quantitative estimate of drug-likeness (QED) is 0.262. The third-order valence-corrected chi connectivity index (χ3v) is 2.53.